The molecule has 0 bridgehead atoms. The molecule has 0 amide bonds. The van der Waals surface area contributed by atoms with Crippen LogP contribution in [0.5, 0.6) is 0 Å². The van der Waals surface area contributed by atoms with E-state index in [0.29, 0.717) is 19.6 Å². The summed E-state index contributed by atoms with van der Waals surface area (Å²) in [5.74, 6) is -1.36. The molecule has 0 radical (unpaired) electrons. The fourth-order valence-electron chi connectivity index (χ4n) is 2.52. The van der Waals surface area contributed by atoms with E-state index in [1.54, 1.807) is 6.92 Å². The number of carbonyl (C=O) groups is 2. The average molecular weight is 288 g/mol. The van der Waals surface area contributed by atoms with Gasteiger partial charge in [-0.05, 0) is 20.3 Å². The minimum Gasteiger partial charge on any atom is -0.396 e. The highest BCUT2D eigenvalue weighted by Crippen LogP contribution is 2.50. The molecular formula is C13H24O5Si. The first-order valence-corrected chi connectivity index (χ1v) is 8.55. The van der Waals surface area contributed by atoms with Crippen molar-refractivity contribution in [3.8, 4) is 0 Å². The van der Waals surface area contributed by atoms with Crippen molar-refractivity contribution in [1.29, 1.82) is 0 Å². The summed E-state index contributed by atoms with van der Waals surface area (Å²) in [6.07, 6.45) is 2.41. The largest absolute Gasteiger partial charge is 0.396 e. The lowest BCUT2D eigenvalue weighted by Crippen LogP contribution is -2.45. The van der Waals surface area contributed by atoms with Crippen LogP contribution < -0.4 is 0 Å². The molecule has 1 heterocycles. The van der Waals surface area contributed by atoms with Crippen LogP contribution in [0.15, 0.2) is 0 Å². The van der Waals surface area contributed by atoms with Crippen LogP contribution in [0, 0.1) is 5.92 Å². The topological polar surface area (TPSA) is 61.8 Å². The molecule has 0 aromatic heterocycles. The van der Waals surface area contributed by atoms with E-state index in [1.165, 1.54) is 0 Å². The quantitative estimate of drug-likeness (QED) is 0.388. The van der Waals surface area contributed by atoms with Crippen molar-refractivity contribution in [3.05, 3.63) is 0 Å². The van der Waals surface area contributed by atoms with Crippen LogP contribution in [0.2, 0.25) is 5.04 Å². The zero-order valence-corrected chi connectivity index (χ0v) is 13.4. The van der Waals surface area contributed by atoms with Gasteiger partial charge in [-0.25, -0.2) is 0 Å². The first-order chi connectivity index (χ1) is 9.04. The molecule has 19 heavy (non-hydrogen) atoms. The molecule has 0 N–H and O–H groups in total. The van der Waals surface area contributed by atoms with Crippen LogP contribution in [0.4, 0.5) is 0 Å². The number of unbranched alkanes of at least 4 members (excludes halogenated alkanes) is 1. The Morgan fingerprint density at radius 3 is 2.16 bits per heavy atom. The Morgan fingerprint density at radius 1 is 1.21 bits per heavy atom. The molecule has 1 aliphatic heterocycles. The van der Waals surface area contributed by atoms with E-state index < -0.39 is 32.2 Å². The second-order valence-electron chi connectivity index (χ2n) is 4.82. The molecule has 1 aliphatic rings. The number of ether oxygens (including phenoxy) is 1. The Morgan fingerprint density at radius 2 is 1.79 bits per heavy atom. The lowest BCUT2D eigenvalue weighted by atomic mass is 9.90. The van der Waals surface area contributed by atoms with Gasteiger partial charge in [-0.3, -0.25) is 9.59 Å². The van der Waals surface area contributed by atoms with E-state index in [9.17, 15) is 9.59 Å². The van der Waals surface area contributed by atoms with Gasteiger partial charge in [0.05, 0.1) is 5.92 Å². The maximum atomic E-state index is 12.2. The summed E-state index contributed by atoms with van der Waals surface area (Å²) >= 11 is 0. The second-order valence-corrected chi connectivity index (χ2v) is 7.18. The van der Waals surface area contributed by atoms with Crippen molar-refractivity contribution in [3.63, 3.8) is 0 Å². The number of rotatable bonds is 8. The molecule has 2 atom stereocenters. The Labute approximate surface area is 116 Å². The van der Waals surface area contributed by atoms with Gasteiger partial charge in [-0.2, -0.15) is 0 Å². The van der Waals surface area contributed by atoms with Crippen molar-refractivity contribution < 1.29 is 23.2 Å². The average Bonchev–Trinajstić information content (AvgIpc) is 2.59. The number of hydrogen-bond acceptors (Lipinski definition) is 5. The summed E-state index contributed by atoms with van der Waals surface area (Å²) in [5, 5.41) is -0.862. The van der Waals surface area contributed by atoms with Crippen LogP contribution >= 0.6 is 0 Å². The molecule has 6 heteroatoms. The molecule has 2 unspecified atom stereocenters. The lowest BCUT2D eigenvalue weighted by molar-refractivity contribution is -0.153. The third kappa shape index (κ3) is 3.06. The summed E-state index contributed by atoms with van der Waals surface area (Å²) in [5.41, 5.74) is 0. The van der Waals surface area contributed by atoms with Crippen molar-refractivity contribution in [1.82, 2.24) is 0 Å². The van der Waals surface area contributed by atoms with Crippen LogP contribution in [-0.2, 0) is 23.2 Å². The fourth-order valence-corrected chi connectivity index (χ4v) is 5.05. The van der Waals surface area contributed by atoms with Crippen molar-refractivity contribution in [2.45, 2.75) is 52.0 Å². The molecule has 0 aliphatic carbocycles. The van der Waals surface area contributed by atoms with Gasteiger partial charge in [-0.15, -0.1) is 0 Å². The fraction of sp³-hybridized carbons (Fsp3) is 0.846. The summed E-state index contributed by atoms with van der Waals surface area (Å²) < 4.78 is 16.3. The van der Waals surface area contributed by atoms with Crippen molar-refractivity contribution in [2.75, 3.05) is 13.2 Å². The molecule has 0 spiro atoms. The van der Waals surface area contributed by atoms with E-state index in [4.69, 9.17) is 13.6 Å². The predicted octanol–water partition coefficient (Wildman–Crippen LogP) is 1.93. The van der Waals surface area contributed by atoms with Gasteiger partial charge in [0, 0.05) is 13.2 Å². The molecule has 0 aromatic carbocycles. The molecule has 110 valence electrons. The number of carbonyl (C=O) groups excluding carboxylic acids is 2. The van der Waals surface area contributed by atoms with E-state index in [2.05, 4.69) is 6.92 Å². The van der Waals surface area contributed by atoms with Crippen LogP contribution in [0.3, 0.4) is 0 Å². The zero-order valence-electron chi connectivity index (χ0n) is 12.2. The van der Waals surface area contributed by atoms with E-state index in [1.807, 2.05) is 13.8 Å². The first kappa shape index (κ1) is 16.3. The van der Waals surface area contributed by atoms with E-state index in [0.717, 1.165) is 12.8 Å². The summed E-state index contributed by atoms with van der Waals surface area (Å²) in [7, 11) is -2.30. The lowest BCUT2D eigenvalue weighted by Gasteiger charge is -2.33. The highest BCUT2D eigenvalue weighted by atomic mass is 28.3. The van der Waals surface area contributed by atoms with Gasteiger partial charge in [0.1, 0.15) is 5.04 Å². The second kappa shape index (κ2) is 7.16. The van der Waals surface area contributed by atoms with Crippen molar-refractivity contribution in [2.24, 2.45) is 5.92 Å². The molecule has 0 aromatic rings. The number of esters is 2. The normalized spacial score (nSPS) is 27.1. The molecule has 1 saturated heterocycles. The van der Waals surface area contributed by atoms with Gasteiger partial charge < -0.3 is 13.6 Å². The van der Waals surface area contributed by atoms with Crippen LogP contribution in [0.1, 0.15) is 47.0 Å². The Balaban J connectivity index is 3.09. The van der Waals surface area contributed by atoms with E-state index >= 15 is 0 Å². The highest BCUT2D eigenvalue weighted by molar-refractivity contribution is 6.56. The zero-order chi connectivity index (χ0) is 14.5. The number of cyclic esters (lactones) is 2. The maximum absolute atomic E-state index is 12.2. The van der Waals surface area contributed by atoms with Gasteiger partial charge in [0.25, 0.3) is 0 Å². The predicted molar refractivity (Wildman–Crippen MR) is 72.9 cm³/mol. The van der Waals surface area contributed by atoms with Crippen LogP contribution in [-0.4, -0.2) is 34.4 Å². The van der Waals surface area contributed by atoms with E-state index in [-0.39, 0.29) is 0 Å². The van der Waals surface area contributed by atoms with Crippen molar-refractivity contribution >= 4 is 21.2 Å². The molecule has 5 nitrogen and oxygen atoms in total. The van der Waals surface area contributed by atoms with Gasteiger partial charge in [-0.1, -0.05) is 26.7 Å². The Kier molecular flexibility index (Phi) is 6.16. The molecule has 0 saturated carbocycles. The minimum atomic E-state index is -2.30. The summed E-state index contributed by atoms with van der Waals surface area (Å²) in [6, 6.07) is 0. The molecule has 1 fully saturated rings. The monoisotopic (exact) mass is 288 g/mol. The standard InChI is InChI=1S/C13H24O5Si/c1-5-8-9-13(19(16-6-2)17-7-3)10(4)11(14)18-12(13)15/h10,19H,5-9H2,1-4H3. The SMILES string of the molecule is CCCCC1([SiH](OCC)OCC)C(=O)OC(=O)C1C. The molecule has 1 rings (SSSR count). The van der Waals surface area contributed by atoms with Gasteiger partial charge >= 0.3 is 21.2 Å². The van der Waals surface area contributed by atoms with Gasteiger partial charge in [0.2, 0.25) is 0 Å². The summed E-state index contributed by atoms with van der Waals surface area (Å²) in [4.78, 5) is 24.0. The Bertz CT molecular complexity index is 327. The van der Waals surface area contributed by atoms with Gasteiger partial charge in [0.15, 0.2) is 0 Å². The van der Waals surface area contributed by atoms with Crippen LogP contribution in [0.25, 0.3) is 0 Å². The smallest absolute Gasteiger partial charge is 0.340 e. The highest BCUT2D eigenvalue weighted by Gasteiger charge is 2.62. The third-order valence-corrected chi connectivity index (χ3v) is 6.84. The molecular weight excluding hydrogens is 264 g/mol. The number of hydrogen-bond donors (Lipinski definition) is 0. The third-order valence-electron chi connectivity index (χ3n) is 3.70. The maximum Gasteiger partial charge on any atom is 0.340 e. The first-order valence-electron chi connectivity index (χ1n) is 7.03. The minimum absolute atomic E-state index is 0.446. The summed E-state index contributed by atoms with van der Waals surface area (Å²) in [6.45, 7) is 8.52. The Hall–Kier alpha value is -0.723.